The van der Waals surface area contributed by atoms with Crippen LogP contribution in [0.2, 0.25) is 5.02 Å². The second-order valence-corrected chi connectivity index (χ2v) is 8.92. The van der Waals surface area contributed by atoms with Crippen molar-refractivity contribution in [1.82, 2.24) is 0 Å². The van der Waals surface area contributed by atoms with Crippen molar-refractivity contribution in [3.05, 3.63) is 87.9 Å². The molecule has 1 amide bonds. The van der Waals surface area contributed by atoms with Crippen LogP contribution in [-0.4, -0.2) is 35.1 Å². The number of nitrogens with zero attached hydrogens (tertiary/aromatic N) is 1. The normalized spacial score (nSPS) is 20.6. The number of aromatic hydroxyl groups is 1. The number of phenolic OH excluding ortho intramolecular Hbond substituents is 1. The lowest BCUT2D eigenvalue weighted by Gasteiger charge is -2.26. The zero-order valence-corrected chi connectivity index (χ0v) is 19.7. The second kappa shape index (κ2) is 8.67. The number of para-hydroxylation sites is 1. The molecule has 5 rings (SSSR count). The van der Waals surface area contributed by atoms with E-state index in [1.807, 2.05) is 6.92 Å². The molecule has 2 atom stereocenters. The van der Waals surface area contributed by atoms with Gasteiger partial charge in [-0.15, -0.1) is 0 Å². The fourth-order valence-corrected chi connectivity index (χ4v) is 4.85. The summed E-state index contributed by atoms with van der Waals surface area (Å²) >= 11 is 6.25. The van der Waals surface area contributed by atoms with Gasteiger partial charge in [0, 0.05) is 17.7 Å². The fraction of sp³-hybridized carbons (Fsp3) is 0.185. The van der Waals surface area contributed by atoms with E-state index >= 15 is 0 Å². The summed E-state index contributed by atoms with van der Waals surface area (Å²) in [6.45, 7) is 1.95. The average molecular weight is 492 g/mol. The molecule has 3 aromatic rings. The highest BCUT2D eigenvalue weighted by Gasteiger charge is 2.47. The van der Waals surface area contributed by atoms with E-state index in [0.717, 1.165) is 11.3 Å². The molecule has 0 saturated carbocycles. The van der Waals surface area contributed by atoms with Gasteiger partial charge in [0.1, 0.15) is 17.6 Å². The minimum absolute atomic E-state index is 0.0117. The highest BCUT2D eigenvalue weighted by atomic mass is 35.5. The number of rotatable bonds is 4. The summed E-state index contributed by atoms with van der Waals surface area (Å²) in [5, 5.41) is 21.6. The van der Waals surface area contributed by atoms with Crippen molar-refractivity contribution in [1.29, 1.82) is 0 Å². The number of hydrogen-bond acceptors (Lipinski definition) is 6. The smallest absolute Gasteiger partial charge is 0.300 e. The lowest BCUT2D eigenvalue weighted by molar-refractivity contribution is -0.132. The highest BCUT2D eigenvalue weighted by molar-refractivity contribution is 6.51. The van der Waals surface area contributed by atoms with Gasteiger partial charge >= 0.3 is 0 Å². The van der Waals surface area contributed by atoms with E-state index < -0.39 is 17.7 Å². The number of ether oxygens (including phenoxy) is 2. The highest BCUT2D eigenvalue weighted by Crippen LogP contribution is 2.46. The maximum absolute atomic E-state index is 13.3. The van der Waals surface area contributed by atoms with Crippen molar-refractivity contribution in [2.45, 2.75) is 25.5 Å². The summed E-state index contributed by atoms with van der Waals surface area (Å²) in [7, 11) is 1.37. The van der Waals surface area contributed by atoms with Gasteiger partial charge in [-0.2, -0.15) is 0 Å². The quantitative estimate of drug-likeness (QED) is 0.303. The van der Waals surface area contributed by atoms with Crippen molar-refractivity contribution in [2.75, 3.05) is 12.0 Å². The Morgan fingerprint density at radius 2 is 1.86 bits per heavy atom. The number of Topliss-reactive ketones (excluding diaryl/α,β-unsaturated/α-hetero) is 1. The Morgan fingerprint density at radius 1 is 1.11 bits per heavy atom. The van der Waals surface area contributed by atoms with Gasteiger partial charge in [-0.1, -0.05) is 29.8 Å². The lowest BCUT2D eigenvalue weighted by atomic mass is 9.94. The number of aliphatic hydroxyl groups is 1. The number of hydrogen-bond donors (Lipinski definition) is 2. The number of fused-ring (bicyclic) bond motifs is 1. The fourth-order valence-electron chi connectivity index (χ4n) is 4.63. The molecule has 3 aromatic carbocycles. The van der Waals surface area contributed by atoms with Gasteiger partial charge < -0.3 is 19.7 Å². The maximum atomic E-state index is 13.3. The minimum atomic E-state index is -1.01. The molecule has 1 saturated heterocycles. The molecule has 2 aliphatic rings. The Bertz CT molecular complexity index is 1380. The van der Waals surface area contributed by atoms with E-state index in [4.69, 9.17) is 21.1 Å². The zero-order chi connectivity index (χ0) is 24.9. The standard InChI is InChI=1S/C27H22ClNO6/c1-14-10-16-11-15(8-9-20(16)35-14)24(30)22-23(17-12-19(28)25(31)21(13-17)34-2)29(27(33)26(22)32)18-6-4-3-5-7-18/h3-9,11-14,23,30-31H,10H2,1-2H3/b24-22-. The van der Waals surface area contributed by atoms with Gasteiger partial charge in [-0.05, 0) is 60.5 Å². The second-order valence-electron chi connectivity index (χ2n) is 8.51. The summed E-state index contributed by atoms with van der Waals surface area (Å²) < 4.78 is 11.0. The predicted octanol–water partition coefficient (Wildman–Crippen LogP) is 5.00. The first-order valence-corrected chi connectivity index (χ1v) is 11.4. The molecule has 0 bridgehead atoms. The number of benzene rings is 3. The van der Waals surface area contributed by atoms with E-state index in [1.165, 1.54) is 24.1 Å². The Labute approximate surface area is 206 Å². The molecule has 0 aromatic heterocycles. The molecule has 2 unspecified atom stereocenters. The summed E-state index contributed by atoms with van der Waals surface area (Å²) in [6.07, 6.45) is 0.681. The number of methoxy groups -OCH3 is 1. The molecule has 178 valence electrons. The van der Waals surface area contributed by atoms with Gasteiger partial charge in [0.2, 0.25) is 0 Å². The molecule has 35 heavy (non-hydrogen) atoms. The van der Waals surface area contributed by atoms with Crippen LogP contribution in [0.25, 0.3) is 5.76 Å². The third-order valence-corrected chi connectivity index (χ3v) is 6.52. The molecular weight excluding hydrogens is 470 g/mol. The zero-order valence-electron chi connectivity index (χ0n) is 19.0. The Morgan fingerprint density at radius 3 is 2.57 bits per heavy atom. The van der Waals surface area contributed by atoms with Crippen LogP contribution in [-0.2, 0) is 16.0 Å². The molecule has 0 aliphatic carbocycles. The first-order chi connectivity index (χ1) is 16.8. The SMILES string of the molecule is COc1cc(C2/C(=C(/O)c3ccc4c(c3)CC(C)O4)C(=O)C(=O)N2c2ccccc2)cc(Cl)c1O. The Balaban J connectivity index is 1.73. The van der Waals surface area contributed by atoms with Crippen LogP contribution >= 0.6 is 11.6 Å². The lowest BCUT2D eigenvalue weighted by Crippen LogP contribution is -2.29. The van der Waals surface area contributed by atoms with Crippen LogP contribution in [0.5, 0.6) is 17.2 Å². The molecule has 7 nitrogen and oxygen atoms in total. The molecule has 2 N–H and O–H groups in total. The number of aliphatic hydroxyl groups excluding tert-OH is 1. The maximum Gasteiger partial charge on any atom is 0.300 e. The largest absolute Gasteiger partial charge is 0.507 e. The van der Waals surface area contributed by atoms with Crippen molar-refractivity contribution < 1.29 is 29.3 Å². The molecule has 0 radical (unpaired) electrons. The van der Waals surface area contributed by atoms with E-state index in [9.17, 15) is 19.8 Å². The average Bonchev–Trinajstić information content (AvgIpc) is 3.36. The van der Waals surface area contributed by atoms with Crippen LogP contribution in [0, 0.1) is 0 Å². The van der Waals surface area contributed by atoms with Gasteiger partial charge in [-0.25, -0.2) is 0 Å². The monoisotopic (exact) mass is 491 g/mol. The van der Waals surface area contributed by atoms with Crippen molar-refractivity contribution in [3.63, 3.8) is 0 Å². The molecule has 1 fully saturated rings. The first-order valence-electron chi connectivity index (χ1n) is 11.0. The summed E-state index contributed by atoms with van der Waals surface area (Å²) in [5.74, 6) is -1.38. The Kier molecular flexibility index (Phi) is 5.65. The van der Waals surface area contributed by atoms with Crippen molar-refractivity contribution in [2.24, 2.45) is 0 Å². The van der Waals surface area contributed by atoms with E-state index in [0.29, 0.717) is 23.2 Å². The van der Waals surface area contributed by atoms with Crippen LogP contribution in [0.15, 0.2) is 66.2 Å². The molecule has 0 spiro atoms. The van der Waals surface area contributed by atoms with Gasteiger partial charge in [0.25, 0.3) is 11.7 Å². The van der Waals surface area contributed by atoms with Crippen molar-refractivity contribution in [3.8, 4) is 17.2 Å². The first kappa shape index (κ1) is 22.8. The van der Waals surface area contributed by atoms with Gasteiger partial charge in [0.15, 0.2) is 11.5 Å². The minimum Gasteiger partial charge on any atom is -0.507 e. The van der Waals surface area contributed by atoms with Crippen LogP contribution in [0.1, 0.15) is 29.7 Å². The number of carbonyl (C=O) groups excluding carboxylic acids is 2. The number of amides is 1. The Hall–Kier alpha value is -3.97. The molecule has 2 heterocycles. The molecular formula is C27H22ClNO6. The van der Waals surface area contributed by atoms with Crippen molar-refractivity contribution >= 4 is 34.7 Å². The number of anilines is 1. The summed E-state index contributed by atoms with van der Waals surface area (Å²) in [5.41, 5.74) is 2.08. The van der Waals surface area contributed by atoms with E-state index in [-0.39, 0.29) is 34.0 Å². The van der Waals surface area contributed by atoms with E-state index in [1.54, 1.807) is 48.5 Å². The number of phenols is 1. The summed E-state index contributed by atoms with van der Waals surface area (Å²) in [6, 6.07) is 15.8. The van der Waals surface area contributed by atoms with Crippen LogP contribution < -0.4 is 14.4 Å². The number of carbonyl (C=O) groups is 2. The number of ketones is 1. The summed E-state index contributed by atoms with van der Waals surface area (Å²) in [4.78, 5) is 27.9. The molecule has 2 aliphatic heterocycles. The van der Waals surface area contributed by atoms with E-state index in [2.05, 4.69) is 0 Å². The predicted molar refractivity (Wildman–Crippen MR) is 131 cm³/mol. The third-order valence-electron chi connectivity index (χ3n) is 6.23. The third kappa shape index (κ3) is 3.78. The molecule has 8 heteroatoms. The van der Waals surface area contributed by atoms with Gasteiger partial charge in [0.05, 0.1) is 23.7 Å². The van der Waals surface area contributed by atoms with Gasteiger partial charge in [-0.3, -0.25) is 14.5 Å². The van der Waals surface area contributed by atoms with Crippen LogP contribution in [0.3, 0.4) is 0 Å². The van der Waals surface area contributed by atoms with Crippen LogP contribution in [0.4, 0.5) is 5.69 Å². The topological polar surface area (TPSA) is 96.3 Å². The number of halogens is 1.